The van der Waals surface area contributed by atoms with Gasteiger partial charge < -0.3 is 10.1 Å². The number of aryl methyl sites for hydroxylation is 1. The first kappa shape index (κ1) is 10.3. The second-order valence-corrected chi connectivity index (χ2v) is 5.59. The van der Waals surface area contributed by atoms with Crippen LogP contribution in [0, 0.1) is 0 Å². The number of hydrogen-bond donors (Lipinski definition) is 1. The summed E-state index contributed by atoms with van der Waals surface area (Å²) in [5, 5.41) is 3.16. The van der Waals surface area contributed by atoms with Crippen LogP contribution in [0.3, 0.4) is 0 Å². The van der Waals surface area contributed by atoms with Crippen LogP contribution in [-0.4, -0.2) is 19.1 Å². The van der Waals surface area contributed by atoms with Crippen molar-refractivity contribution >= 4 is 17.2 Å². The monoisotopic (exact) mass is 237 g/mol. The van der Waals surface area contributed by atoms with Crippen molar-refractivity contribution in [1.29, 1.82) is 0 Å². The van der Waals surface area contributed by atoms with E-state index < -0.39 is 0 Å². The lowest BCUT2D eigenvalue weighted by Crippen LogP contribution is -2.43. The topological polar surface area (TPSA) is 38.3 Å². The predicted octanol–water partition coefficient (Wildman–Crippen LogP) is 2.06. The van der Waals surface area contributed by atoms with Gasteiger partial charge in [-0.2, -0.15) is 0 Å². The Labute approximate surface area is 98.8 Å². The van der Waals surface area contributed by atoms with Crippen molar-refractivity contribution < 1.29 is 9.53 Å². The van der Waals surface area contributed by atoms with E-state index in [2.05, 4.69) is 18.3 Å². The maximum absolute atomic E-state index is 11.9. The number of hydrogen-bond acceptors (Lipinski definition) is 3. The van der Waals surface area contributed by atoms with Crippen molar-refractivity contribution in [2.75, 3.05) is 13.2 Å². The van der Waals surface area contributed by atoms with E-state index in [0.29, 0.717) is 0 Å². The zero-order valence-corrected chi connectivity index (χ0v) is 10.2. The molecule has 1 aromatic rings. The summed E-state index contributed by atoms with van der Waals surface area (Å²) >= 11 is 1.79. The van der Waals surface area contributed by atoms with Gasteiger partial charge in [0, 0.05) is 23.0 Å². The molecule has 0 aliphatic carbocycles. The third kappa shape index (κ3) is 1.33. The Morgan fingerprint density at radius 3 is 2.94 bits per heavy atom. The Morgan fingerprint density at radius 1 is 1.50 bits per heavy atom. The first-order chi connectivity index (χ1) is 7.75. The lowest BCUT2D eigenvalue weighted by Gasteiger charge is -2.33. The average molecular weight is 237 g/mol. The Bertz CT molecular complexity index is 432. The fraction of sp³-hybridized carbons (Fsp3) is 0.583. The molecular formula is C12H15NO2S. The summed E-state index contributed by atoms with van der Waals surface area (Å²) in [5.74, 6) is 0.104. The highest BCUT2D eigenvalue weighted by Crippen LogP contribution is 2.43. The minimum Gasteiger partial charge on any atom is -0.381 e. The lowest BCUT2D eigenvalue weighted by molar-refractivity contribution is 0.0405. The number of fused-ring (bicyclic) bond motifs is 2. The van der Waals surface area contributed by atoms with Crippen LogP contribution in [0.1, 0.15) is 39.9 Å². The minimum atomic E-state index is -0.108. The molecule has 3 rings (SSSR count). The number of nitrogens with one attached hydrogen (secondary N) is 1. The molecule has 1 fully saturated rings. The summed E-state index contributed by atoms with van der Waals surface area (Å²) in [6, 6.07) is 2.06. The van der Waals surface area contributed by atoms with Crippen molar-refractivity contribution in [3.63, 3.8) is 0 Å². The molecule has 4 heteroatoms. The summed E-state index contributed by atoms with van der Waals surface area (Å²) in [7, 11) is 0. The van der Waals surface area contributed by atoms with E-state index in [1.807, 2.05) is 0 Å². The number of rotatable bonds is 1. The Balaban J connectivity index is 2.05. The molecule has 16 heavy (non-hydrogen) atoms. The van der Waals surface area contributed by atoms with Crippen molar-refractivity contribution in [2.45, 2.75) is 31.7 Å². The van der Waals surface area contributed by atoms with Gasteiger partial charge in [-0.25, -0.2) is 0 Å². The molecule has 0 saturated carbocycles. The second kappa shape index (κ2) is 3.57. The zero-order valence-electron chi connectivity index (χ0n) is 9.34. The molecule has 86 valence electrons. The molecule has 0 radical (unpaired) electrons. The molecule has 1 saturated heterocycles. The third-order valence-corrected chi connectivity index (χ3v) is 4.99. The predicted molar refractivity (Wildman–Crippen MR) is 62.9 cm³/mol. The summed E-state index contributed by atoms with van der Waals surface area (Å²) in [6.07, 6.45) is 2.84. The lowest BCUT2D eigenvalue weighted by atomic mass is 9.90. The highest BCUT2D eigenvalue weighted by atomic mass is 32.1. The van der Waals surface area contributed by atoms with Gasteiger partial charge in [-0.05, 0) is 25.3 Å². The van der Waals surface area contributed by atoms with Crippen LogP contribution in [0.5, 0.6) is 0 Å². The minimum absolute atomic E-state index is 0.104. The van der Waals surface area contributed by atoms with Crippen LogP contribution in [0.4, 0.5) is 0 Å². The summed E-state index contributed by atoms with van der Waals surface area (Å²) < 4.78 is 5.39. The molecule has 0 atom stereocenters. The Hall–Kier alpha value is -0.870. The van der Waals surface area contributed by atoms with Crippen molar-refractivity contribution in [3.8, 4) is 0 Å². The molecule has 1 N–H and O–H groups in total. The maximum atomic E-state index is 11.9. The SMILES string of the molecule is CCc1cc2c(s1)C1(CCOCC1)NC2=O. The van der Waals surface area contributed by atoms with Gasteiger partial charge in [-0.1, -0.05) is 6.92 Å². The number of thiophene rings is 1. The van der Waals surface area contributed by atoms with Gasteiger partial charge >= 0.3 is 0 Å². The van der Waals surface area contributed by atoms with Crippen molar-refractivity contribution in [3.05, 3.63) is 21.4 Å². The molecule has 1 spiro atoms. The van der Waals surface area contributed by atoms with Crippen LogP contribution >= 0.6 is 11.3 Å². The van der Waals surface area contributed by atoms with Crippen LogP contribution in [-0.2, 0) is 16.7 Å². The fourth-order valence-electron chi connectivity index (χ4n) is 2.55. The van der Waals surface area contributed by atoms with Gasteiger partial charge in [0.25, 0.3) is 5.91 Å². The van der Waals surface area contributed by atoms with E-state index in [0.717, 1.165) is 38.0 Å². The zero-order chi connectivity index (χ0) is 11.2. The fourth-order valence-corrected chi connectivity index (χ4v) is 3.85. The highest BCUT2D eigenvalue weighted by Gasteiger charge is 2.45. The number of carbonyl (C=O) groups is 1. The average Bonchev–Trinajstić information content (AvgIpc) is 2.82. The van der Waals surface area contributed by atoms with Gasteiger partial charge in [0.05, 0.1) is 11.1 Å². The van der Waals surface area contributed by atoms with Crippen LogP contribution in [0.2, 0.25) is 0 Å². The molecule has 0 unspecified atom stereocenters. The Kier molecular flexibility index (Phi) is 2.30. The Morgan fingerprint density at radius 2 is 2.25 bits per heavy atom. The normalized spacial score (nSPS) is 22.2. The first-order valence-corrected chi connectivity index (χ1v) is 6.60. The van der Waals surface area contributed by atoms with Crippen LogP contribution in [0.15, 0.2) is 6.07 Å². The number of carbonyl (C=O) groups excluding carboxylic acids is 1. The molecular weight excluding hydrogens is 222 g/mol. The van der Waals surface area contributed by atoms with Gasteiger partial charge in [0.1, 0.15) is 0 Å². The molecule has 0 bridgehead atoms. The van der Waals surface area contributed by atoms with E-state index in [-0.39, 0.29) is 11.4 Å². The van der Waals surface area contributed by atoms with Gasteiger partial charge in [0.15, 0.2) is 0 Å². The quantitative estimate of drug-likeness (QED) is 0.812. The molecule has 3 nitrogen and oxygen atoms in total. The molecule has 2 aliphatic rings. The van der Waals surface area contributed by atoms with Gasteiger partial charge in [-0.3, -0.25) is 4.79 Å². The summed E-state index contributed by atoms with van der Waals surface area (Å²) in [5.41, 5.74) is 0.798. The van der Waals surface area contributed by atoms with Crippen molar-refractivity contribution in [1.82, 2.24) is 5.32 Å². The standard InChI is InChI=1S/C12H15NO2S/c1-2-8-7-9-10(16-8)12(13-11(9)14)3-5-15-6-4-12/h7H,2-6H2,1H3,(H,13,14). The number of ether oxygens (including phenoxy) is 1. The van der Waals surface area contributed by atoms with E-state index in [9.17, 15) is 4.79 Å². The highest BCUT2D eigenvalue weighted by molar-refractivity contribution is 7.12. The molecule has 1 amide bonds. The van der Waals surface area contributed by atoms with E-state index in [1.54, 1.807) is 11.3 Å². The van der Waals surface area contributed by atoms with Gasteiger partial charge in [0.2, 0.25) is 0 Å². The molecule has 0 aromatic carbocycles. The largest absolute Gasteiger partial charge is 0.381 e. The van der Waals surface area contributed by atoms with Crippen LogP contribution < -0.4 is 5.32 Å². The van der Waals surface area contributed by atoms with E-state index in [4.69, 9.17) is 4.74 Å². The number of amides is 1. The van der Waals surface area contributed by atoms with Gasteiger partial charge in [-0.15, -0.1) is 11.3 Å². The summed E-state index contributed by atoms with van der Waals surface area (Å²) in [6.45, 7) is 3.63. The third-order valence-electron chi connectivity index (χ3n) is 3.51. The smallest absolute Gasteiger partial charge is 0.253 e. The summed E-state index contributed by atoms with van der Waals surface area (Å²) in [4.78, 5) is 14.5. The van der Waals surface area contributed by atoms with E-state index >= 15 is 0 Å². The molecule has 3 heterocycles. The first-order valence-electron chi connectivity index (χ1n) is 5.78. The molecule has 2 aliphatic heterocycles. The van der Waals surface area contributed by atoms with Crippen molar-refractivity contribution in [2.24, 2.45) is 0 Å². The van der Waals surface area contributed by atoms with Crippen LogP contribution in [0.25, 0.3) is 0 Å². The maximum Gasteiger partial charge on any atom is 0.253 e. The van der Waals surface area contributed by atoms with E-state index in [1.165, 1.54) is 9.75 Å². The second-order valence-electron chi connectivity index (χ2n) is 4.46. The molecule has 1 aromatic heterocycles.